The highest BCUT2D eigenvalue weighted by Crippen LogP contribution is 2.44. The molecule has 3 aliphatic rings. The average molecular weight is 416 g/mol. The van der Waals surface area contributed by atoms with Gasteiger partial charge in [-0.25, -0.2) is 0 Å². The molecule has 4 aromatic rings. The maximum absolute atomic E-state index is 6.48. The van der Waals surface area contributed by atoms with Crippen LogP contribution in [-0.2, 0) is 5.41 Å². The fraction of sp³-hybridized carbons (Fsp3) is 0.143. The maximum Gasteiger partial charge on any atom is 0.270 e. The molecule has 3 aliphatic heterocycles. The van der Waals surface area contributed by atoms with Gasteiger partial charge in [-0.15, -0.1) is 0 Å². The van der Waals surface area contributed by atoms with E-state index in [4.69, 9.17) is 14.2 Å². The first-order valence-electron chi connectivity index (χ1n) is 11.1. The zero-order valence-corrected chi connectivity index (χ0v) is 18.2. The summed E-state index contributed by atoms with van der Waals surface area (Å²) in [7, 11) is 0. The summed E-state index contributed by atoms with van der Waals surface area (Å²) in [6.45, 7) is 6.80. The summed E-state index contributed by atoms with van der Waals surface area (Å²) < 4.78 is 19.2. The summed E-state index contributed by atoms with van der Waals surface area (Å²) in [5.41, 5.74) is 6.91. The van der Waals surface area contributed by atoms with Gasteiger partial charge in [0.15, 0.2) is 0 Å². The lowest BCUT2D eigenvalue weighted by atomic mass is 9.34. The van der Waals surface area contributed by atoms with Crippen molar-refractivity contribution in [3.63, 3.8) is 0 Å². The monoisotopic (exact) mass is 416 g/mol. The third-order valence-corrected chi connectivity index (χ3v) is 6.73. The minimum Gasteiger partial charge on any atom is -0.458 e. The van der Waals surface area contributed by atoms with E-state index in [0.29, 0.717) is 0 Å². The van der Waals surface area contributed by atoms with Crippen LogP contribution in [0.5, 0.6) is 34.5 Å². The highest BCUT2D eigenvalue weighted by atomic mass is 16.5. The van der Waals surface area contributed by atoms with Crippen LogP contribution in [-0.4, -0.2) is 6.71 Å². The maximum atomic E-state index is 6.48. The van der Waals surface area contributed by atoms with Crippen molar-refractivity contribution < 1.29 is 14.2 Å². The van der Waals surface area contributed by atoms with Crippen LogP contribution in [0.4, 0.5) is 0 Å². The van der Waals surface area contributed by atoms with Crippen molar-refractivity contribution in [1.29, 1.82) is 0 Å². The summed E-state index contributed by atoms with van der Waals surface area (Å²) in [5, 5.41) is 0. The average Bonchev–Trinajstić information content (AvgIpc) is 2.78. The van der Waals surface area contributed by atoms with E-state index < -0.39 is 0 Å². The summed E-state index contributed by atoms with van der Waals surface area (Å²) >= 11 is 0. The number of rotatable bonds is 1. The molecule has 0 saturated heterocycles. The summed E-state index contributed by atoms with van der Waals surface area (Å²) in [6.07, 6.45) is 0. The van der Waals surface area contributed by atoms with Crippen LogP contribution < -0.4 is 30.6 Å². The van der Waals surface area contributed by atoms with E-state index in [1.807, 2.05) is 36.4 Å². The largest absolute Gasteiger partial charge is 0.458 e. The van der Waals surface area contributed by atoms with E-state index in [0.717, 1.165) is 56.4 Å². The Kier molecular flexibility index (Phi) is 3.36. The number of benzene rings is 4. The lowest BCUT2D eigenvalue weighted by Crippen LogP contribution is -2.59. The van der Waals surface area contributed by atoms with Gasteiger partial charge in [0.2, 0.25) is 0 Å². The van der Waals surface area contributed by atoms with Gasteiger partial charge in [-0.05, 0) is 58.5 Å². The van der Waals surface area contributed by atoms with Gasteiger partial charge in [-0.2, -0.15) is 0 Å². The van der Waals surface area contributed by atoms with Crippen LogP contribution >= 0.6 is 0 Å². The Morgan fingerprint density at radius 1 is 0.562 bits per heavy atom. The Bertz CT molecular complexity index is 1370. The molecule has 4 heteroatoms. The van der Waals surface area contributed by atoms with Crippen LogP contribution in [0, 0.1) is 0 Å². The normalized spacial score (nSPS) is 14.2. The fourth-order valence-corrected chi connectivity index (χ4v) is 5.36. The van der Waals surface area contributed by atoms with Crippen LogP contribution in [0.25, 0.3) is 11.1 Å². The molecular formula is C28H21BO3. The molecule has 0 unspecified atom stereocenters. The van der Waals surface area contributed by atoms with E-state index in [1.165, 1.54) is 11.1 Å². The van der Waals surface area contributed by atoms with Crippen LogP contribution in [0.2, 0.25) is 0 Å². The van der Waals surface area contributed by atoms with E-state index in [1.54, 1.807) is 0 Å². The molecular weight excluding hydrogens is 395 g/mol. The molecule has 4 aromatic carbocycles. The van der Waals surface area contributed by atoms with Crippen LogP contribution in [0.1, 0.15) is 26.3 Å². The summed E-state index contributed by atoms with van der Waals surface area (Å²) in [4.78, 5) is 0. The molecule has 0 aliphatic carbocycles. The smallest absolute Gasteiger partial charge is 0.270 e. The molecule has 154 valence electrons. The molecule has 7 rings (SSSR count). The van der Waals surface area contributed by atoms with Gasteiger partial charge >= 0.3 is 0 Å². The predicted molar refractivity (Wildman–Crippen MR) is 128 cm³/mol. The Balaban J connectivity index is 1.51. The van der Waals surface area contributed by atoms with Crippen LogP contribution in [0.3, 0.4) is 0 Å². The highest BCUT2D eigenvalue weighted by molar-refractivity contribution is 6.99. The molecule has 0 aromatic heterocycles. The van der Waals surface area contributed by atoms with Gasteiger partial charge < -0.3 is 14.2 Å². The van der Waals surface area contributed by atoms with E-state index in [9.17, 15) is 0 Å². The Hall–Kier alpha value is -3.66. The second kappa shape index (κ2) is 5.98. The lowest BCUT2D eigenvalue weighted by molar-refractivity contribution is 0.443. The second-order valence-electron chi connectivity index (χ2n) is 9.76. The topological polar surface area (TPSA) is 27.7 Å². The van der Waals surface area contributed by atoms with Crippen molar-refractivity contribution in [1.82, 2.24) is 0 Å². The Labute approximate surface area is 187 Å². The van der Waals surface area contributed by atoms with E-state index >= 15 is 0 Å². The summed E-state index contributed by atoms with van der Waals surface area (Å²) in [6, 6.07) is 25.0. The molecule has 0 spiro atoms. The first-order chi connectivity index (χ1) is 15.5. The van der Waals surface area contributed by atoms with E-state index in [-0.39, 0.29) is 12.1 Å². The van der Waals surface area contributed by atoms with Crippen molar-refractivity contribution in [2.45, 2.75) is 26.2 Å². The van der Waals surface area contributed by atoms with E-state index in [2.05, 4.69) is 57.2 Å². The standard InChI is InChI=1S/C28H21BO3/c1-28(2,3)18-9-5-4-8-17(18)16-14-23-27-24(15-16)32-22-13-7-11-20-26(22)29(27)25-19(30-20)10-6-12-21(25)31-23/h4-15H,1-3H3. The molecule has 0 amide bonds. The molecule has 0 radical (unpaired) electrons. The first kappa shape index (κ1) is 18.0. The molecule has 32 heavy (non-hydrogen) atoms. The van der Waals surface area contributed by atoms with Crippen molar-refractivity contribution in [2.75, 3.05) is 0 Å². The number of hydrogen-bond acceptors (Lipinski definition) is 3. The predicted octanol–water partition coefficient (Wildman–Crippen LogP) is 5.48. The minimum atomic E-state index is 0.0230. The van der Waals surface area contributed by atoms with Gasteiger partial charge in [-0.1, -0.05) is 57.2 Å². The zero-order chi connectivity index (χ0) is 21.6. The van der Waals surface area contributed by atoms with Crippen molar-refractivity contribution in [3.8, 4) is 45.6 Å². The Morgan fingerprint density at radius 2 is 1.03 bits per heavy atom. The van der Waals surface area contributed by atoms with Crippen molar-refractivity contribution in [2.24, 2.45) is 0 Å². The van der Waals surface area contributed by atoms with Gasteiger partial charge in [0, 0.05) is 16.4 Å². The number of hydrogen-bond donors (Lipinski definition) is 0. The van der Waals surface area contributed by atoms with Gasteiger partial charge in [0.25, 0.3) is 6.71 Å². The van der Waals surface area contributed by atoms with Gasteiger partial charge in [0.1, 0.15) is 34.5 Å². The second-order valence-corrected chi connectivity index (χ2v) is 9.76. The van der Waals surface area contributed by atoms with Gasteiger partial charge in [-0.3, -0.25) is 0 Å². The molecule has 0 bridgehead atoms. The highest BCUT2D eigenvalue weighted by Gasteiger charge is 2.46. The molecule has 0 fully saturated rings. The Morgan fingerprint density at radius 3 is 1.56 bits per heavy atom. The number of ether oxygens (including phenoxy) is 3. The molecule has 0 N–H and O–H groups in total. The first-order valence-corrected chi connectivity index (χ1v) is 11.1. The zero-order valence-electron chi connectivity index (χ0n) is 18.2. The SMILES string of the molecule is CC(C)(C)c1ccccc1-c1cc2c3c(c1)Oc1cccc4c1B3c1c(cccc1O2)O4. The van der Waals surface area contributed by atoms with Crippen LogP contribution in [0.15, 0.2) is 72.8 Å². The van der Waals surface area contributed by atoms with Crippen molar-refractivity contribution in [3.05, 3.63) is 78.4 Å². The molecule has 3 nitrogen and oxygen atoms in total. The molecule has 3 heterocycles. The lowest BCUT2D eigenvalue weighted by Gasteiger charge is -2.37. The molecule has 0 atom stereocenters. The third kappa shape index (κ3) is 2.32. The third-order valence-electron chi connectivity index (χ3n) is 6.73. The van der Waals surface area contributed by atoms with Crippen molar-refractivity contribution >= 4 is 23.1 Å². The summed E-state index contributed by atoms with van der Waals surface area (Å²) in [5.74, 6) is 5.15. The fourth-order valence-electron chi connectivity index (χ4n) is 5.36. The minimum absolute atomic E-state index is 0.0230. The molecule has 0 saturated carbocycles. The quantitative estimate of drug-likeness (QED) is 0.332. The van der Waals surface area contributed by atoms with Gasteiger partial charge in [0.05, 0.1) is 0 Å².